The lowest BCUT2D eigenvalue weighted by molar-refractivity contribution is 0.0363. The van der Waals surface area contributed by atoms with Gasteiger partial charge < -0.3 is 14.6 Å². The van der Waals surface area contributed by atoms with Gasteiger partial charge >= 0.3 is 0 Å². The molecule has 1 aliphatic heterocycles. The van der Waals surface area contributed by atoms with E-state index in [1.807, 2.05) is 0 Å². The van der Waals surface area contributed by atoms with Crippen LogP contribution in [0.3, 0.4) is 0 Å². The van der Waals surface area contributed by atoms with E-state index in [1.165, 1.54) is 11.3 Å². The van der Waals surface area contributed by atoms with Crippen LogP contribution in [0.2, 0.25) is 0 Å². The molecule has 3 rings (SSSR count). The summed E-state index contributed by atoms with van der Waals surface area (Å²) < 4.78 is 7.77. The lowest BCUT2D eigenvalue weighted by atomic mass is 10.1. The molecular weight excluding hydrogens is 286 g/mol. The van der Waals surface area contributed by atoms with E-state index >= 15 is 0 Å². The summed E-state index contributed by atoms with van der Waals surface area (Å²) in [5.74, 6) is 0. The Bertz CT molecular complexity index is 561. The van der Waals surface area contributed by atoms with Gasteiger partial charge in [-0.2, -0.15) is 0 Å². The van der Waals surface area contributed by atoms with E-state index in [1.54, 1.807) is 0 Å². The second-order valence-corrected chi connectivity index (χ2v) is 6.06. The van der Waals surface area contributed by atoms with E-state index < -0.39 is 0 Å². The largest absolute Gasteiger partial charge is 0.379 e. The van der Waals surface area contributed by atoms with Gasteiger partial charge in [0.15, 0.2) is 0 Å². The molecule has 0 spiro atoms. The van der Waals surface area contributed by atoms with Gasteiger partial charge in [-0.3, -0.25) is 4.90 Å². The van der Waals surface area contributed by atoms with Crippen LogP contribution >= 0.6 is 0 Å². The second-order valence-electron chi connectivity index (χ2n) is 6.06. The Labute approximate surface area is 139 Å². The van der Waals surface area contributed by atoms with Crippen molar-refractivity contribution in [2.45, 2.75) is 19.5 Å². The maximum absolute atomic E-state index is 5.40. The summed E-state index contributed by atoms with van der Waals surface area (Å²) >= 11 is 0. The van der Waals surface area contributed by atoms with E-state index in [9.17, 15) is 0 Å². The van der Waals surface area contributed by atoms with Gasteiger partial charge in [-0.15, -0.1) is 0 Å². The van der Waals surface area contributed by atoms with Crippen molar-refractivity contribution >= 4 is 0 Å². The Kier molecular flexibility index (Phi) is 6.26. The number of hydrogen-bond acceptors (Lipinski definition) is 3. The Morgan fingerprint density at radius 2 is 1.78 bits per heavy atom. The van der Waals surface area contributed by atoms with Crippen molar-refractivity contribution in [2.24, 2.45) is 0 Å². The van der Waals surface area contributed by atoms with Crippen LogP contribution in [0.25, 0.3) is 0 Å². The molecule has 1 aromatic carbocycles. The van der Waals surface area contributed by atoms with Gasteiger partial charge in [0.25, 0.3) is 0 Å². The maximum atomic E-state index is 5.40. The summed E-state index contributed by atoms with van der Waals surface area (Å²) in [4.78, 5) is 2.48. The standard InChI is InChI=1S/C19H27N3O/c1-2-5-18(6-3-1)8-9-20-17-19-7-4-10-22(19)12-11-21-13-15-23-16-14-21/h1-7,10,20H,8-9,11-17H2. The molecule has 4 nitrogen and oxygen atoms in total. The molecule has 2 heterocycles. The van der Waals surface area contributed by atoms with Crippen molar-refractivity contribution in [2.75, 3.05) is 39.4 Å². The fraction of sp³-hybridized carbons (Fsp3) is 0.474. The highest BCUT2D eigenvalue weighted by Crippen LogP contribution is 2.05. The maximum Gasteiger partial charge on any atom is 0.0594 e. The topological polar surface area (TPSA) is 29.4 Å². The zero-order chi connectivity index (χ0) is 15.7. The van der Waals surface area contributed by atoms with E-state index in [4.69, 9.17) is 4.74 Å². The first-order chi connectivity index (χ1) is 11.4. The van der Waals surface area contributed by atoms with Gasteiger partial charge in [-0.25, -0.2) is 0 Å². The number of rotatable bonds is 8. The monoisotopic (exact) mass is 313 g/mol. The van der Waals surface area contributed by atoms with E-state index in [0.717, 1.165) is 58.9 Å². The van der Waals surface area contributed by atoms with Gasteiger partial charge in [0.05, 0.1) is 13.2 Å². The molecule has 1 aromatic heterocycles. The van der Waals surface area contributed by atoms with Crippen LogP contribution in [0.5, 0.6) is 0 Å². The summed E-state index contributed by atoms with van der Waals surface area (Å²) in [7, 11) is 0. The third kappa shape index (κ3) is 5.20. The number of nitrogens with zero attached hydrogens (tertiary/aromatic N) is 2. The Balaban J connectivity index is 1.39. The van der Waals surface area contributed by atoms with Crippen LogP contribution in [-0.4, -0.2) is 48.9 Å². The van der Waals surface area contributed by atoms with Crippen molar-refractivity contribution in [1.29, 1.82) is 0 Å². The molecule has 23 heavy (non-hydrogen) atoms. The third-order valence-electron chi connectivity index (χ3n) is 4.42. The number of morpholine rings is 1. The van der Waals surface area contributed by atoms with Crippen molar-refractivity contribution in [3.63, 3.8) is 0 Å². The molecule has 1 N–H and O–H groups in total. The van der Waals surface area contributed by atoms with E-state index in [0.29, 0.717) is 0 Å². The molecule has 0 aliphatic carbocycles. The highest BCUT2D eigenvalue weighted by atomic mass is 16.5. The average molecular weight is 313 g/mol. The molecule has 1 saturated heterocycles. The minimum absolute atomic E-state index is 0.875. The zero-order valence-electron chi connectivity index (χ0n) is 13.8. The molecule has 0 unspecified atom stereocenters. The SMILES string of the molecule is c1ccc(CCNCc2cccn2CCN2CCOCC2)cc1. The smallest absolute Gasteiger partial charge is 0.0594 e. The van der Waals surface area contributed by atoms with Crippen LogP contribution in [0, 0.1) is 0 Å². The Morgan fingerprint density at radius 3 is 2.61 bits per heavy atom. The Morgan fingerprint density at radius 1 is 0.957 bits per heavy atom. The van der Waals surface area contributed by atoms with Crippen molar-refractivity contribution in [1.82, 2.24) is 14.8 Å². The van der Waals surface area contributed by atoms with Gasteiger partial charge in [0.2, 0.25) is 0 Å². The molecule has 1 aliphatic rings. The minimum atomic E-state index is 0.875. The number of benzene rings is 1. The van der Waals surface area contributed by atoms with Crippen LogP contribution in [0.4, 0.5) is 0 Å². The molecule has 0 saturated carbocycles. The molecule has 0 radical (unpaired) electrons. The molecule has 0 atom stereocenters. The van der Waals surface area contributed by atoms with E-state index in [2.05, 4.69) is 63.4 Å². The van der Waals surface area contributed by atoms with Gasteiger partial charge in [-0.1, -0.05) is 30.3 Å². The van der Waals surface area contributed by atoms with Crippen molar-refractivity contribution in [3.05, 3.63) is 59.9 Å². The van der Waals surface area contributed by atoms with Crippen LogP contribution in [-0.2, 0) is 24.2 Å². The highest BCUT2D eigenvalue weighted by molar-refractivity contribution is 5.15. The van der Waals surface area contributed by atoms with Crippen molar-refractivity contribution < 1.29 is 4.74 Å². The predicted molar refractivity (Wildman–Crippen MR) is 93.5 cm³/mol. The molecule has 2 aromatic rings. The van der Waals surface area contributed by atoms with Crippen LogP contribution in [0.1, 0.15) is 11.3 Å². The number of ether oxygens (including phenoxy) is 1. The summed E-state index contributed by atoms with van der Waals surface area (Å²) in [5, 5.41) is 3.56. The van der Waals surface area contributed by atoms with Gasteiger partial charge in [-0.05, 0) is 30.7 Å². The normalized spacial score (nSPS) is 15.8. The summed E-state index contributed by atoms with van der Waals surface area (Å²) in [6, 6.07) is 15.0. The van der Waals surface area contributed by atoms with Gasteiger partial charge in [0.1, 0.15) is 0 Å². The minimum Gasteiger partial charge on any atom is -0.379 e. The number of nitrogens with one attached hydrogen (secondary N) is 1. The summed E-state index contributed by atoms with van der Waals surface area (Å²) in [6.45, 7) is 7.98. The van der Waals surface area contributed by atoms with Crippen molar-refractivity contribution in [3.8, 4) is 0 Å². The van der Waals surface area contributed by atoms with Crippen LogP contribution < -0.4 is 5.32 Å². The zero-order valence-corrected chi connectivity index (χ0v) is 13.8. The predicted octanol–water partition coefficient (Wildman–Crippen LogP) is 2.15. The first-order valence-electron chi connectivity index (χ1n) is 8.60. The average Bonchev–Trinajstić information content (AvgIpc) is 3.06. The molecule has 0 bridgehead atoms. The Hall–Kier alpha value is -1.62. The second kappa shape index (κ2) is 8.87. The highest BCUT2D eigenvalue weighted by Gasteiger charge is 2.10. The van der Waals surface area contributed by atoms with Crippen LogP contribution in [0.15, 0.2) is 48.7 Å². The third-order valence-corrected chi connectivity index (χ3v) is 4.42. The van der Waals surface area contributed by atoms with Gasteiger partial charge in [0, 0.05) is 44.6 Å². The first kappa shape index (κ1) is 16.2. The fourth-order valence-electron chi connectivity index (χ4n) is 3.00. The molecule has 1 fully saturated rings. The number of hydrogen-bond donors (Lipinski definition) is 1. The molecular formula is C19H27N3O. The molecule has 4 heteroatoms. The number of aromatic nitrogens is 1. The quantitative estimate of drug-likeness (QED) is 0.757. The lowest BCUT2D eigenvalue weighted by Crippen LogP contribution is -2.38. The first-order valence-corrected chi connectivity index (χ1v) is 8.60. The molecule has 0 amide bonds. The molecule has 124 valence electrons. The fourth-order valence-corrected chi connectivity index (χ4v) is 3.00. The lowest BCUT2D eigenvalue weighted by Gasteiger charge is -2.27. The summed E-state index contributed by atoms with van der Waals surface area (Å²) in [6.07, 6.45) is 3.27. The van der Waals surface area contributed by atoms with E-state index in [-0.39, 0.29) is 0 Å². The summed E-state index contributed by atoms with van der Waals surface area (Å²) in [5.41, 5.74) is 2.76.